The molecule has 13 nitrogen and oxygen atoms in total. The summed E-state index contributed by atoms with van der Waals surface area (Å²) in [6.45, 7) is 3.66. The Morgan fingerprint density at radius 3 is 1.91 bits per heavy atom. The van der Waals surface area contributed by atoms with Gasteiger partial charge >= 0.3 is 12.1 Å². The van der Waals surface area contributed by atoms with Gasteiger partial charge in [0.15, 0.2) is 0 Å². The minimum atomic E-state index is -0.919. The van der Waals surface area contributed by atoms with Gasteiger partial charge in [0.05, 0.1) is 58.9 Å². The van der Waals surface area contributed by atoms with E-state index in [1.807, 2.05) is 31.3 Å². The third-order valence-electron chi connectivity index (χ3n) is 7.73. The van der Waals surface area contributed by atoms with Crippen LogP contribution in [0.3, 0.4) is 0 Å². The molecule has 47 heavy (non-hydrogen) atoms. The predicted molar refractivity (Wildman–Crippen MR) is 175 cm³/mol. The smallest absolute Gasteiger partial charge is 0.407 e. The normalized spacial score (nSPS) is 11.9. The Hall–Kier alpha value is -4.04. The summed E-state index contributed by atoms with van der Waals surface area (Å²) in [6, 6.07) is 16.3. The number of amides is 3. The molecule has 0 unspecified atom stereocenters. The molecule has 0 atom stereocenters. The van der Waals surface area contributed by atoms with Crippen molar-refractivity contribution in [1.82, 2.24) is 20.4 Å². The second-order valence-corrected chi connectivity index (χ2v) is 11.0. The molecule has 0 saturated heterocycles. The van der Waals surface area contributed by atoms with Gasteiger partial charge in [0.25, 0.3) is 0 Å². The summed E-state index contributed by atoms with van der Waals surface area (Å²) in [4.78, 5) is 51.4. The van der Waals surface area contributed by atoms with Crippen LogP contribution in [0.1, 0.15) is 36.3 Å². The number of likely N-dealkylation sites (N-methyl/N-ethyl adjacent to an activating group) is 2. The molecule has 13 heteroatoms. The lowest BCUT2D eigenvalue weighted by Crippen LogP contribution is -2.42. The molecule has 1 aliphatic rings. The number of benzene rings is 2. The summed E-state index contributed by atoms with van der Waals surface area (Å²) in [5, 5.41) is 14.3. The van der Waals surface area contributed by atoms with Gasteiger partial charge in [-0.15, -0.1) is 0 Å². The van der Waals surface area contributed by atoms with Crippen LogP contribution < -0.4 is 10.6 Å². The van der Waals surface area contributed by atoms with E-state index in [1.54, 1.807) is 16.8 Å². The van der Waals surface area contributed by atoms with E-state index < -0.39 is 12.1 Å². The maximum atomic E-state index is 12.9. The number of ether oxygens (including phenoxy) is 4. The van der Waals surface area contributed by atoms with Gasteiger partial charge in [-0.2, -0.15) is 0 Å². The van der Waals surface area contributed by atoms with Gasteiger partial charge in [-0.1, -0.05) is 48.5 Å². The fraction of sp³-hybridized carbons (Fsp3) is 0.529. The first-order valence-corrected chi connectivity index (χ1v) is 16.0. The lowest BCUT2D eigenvalue weighted by atomic mass is 9.98. The van der Waals surface area contributed by atoms with Crippen molar-refractivity contribution in [2.45, 2.75) is 25.2 Å². The Morgan fingerprint density at radius 2 is 1.30 bits per heavy atom. The molecule has 3 rings (SSSR count). The number of carbonyl (C=O) groups excluding carboxylic acids is 3. The second-order valence-electron chi connectivity index (χ2n) is 11.0. The van der Waals surface area contributed by atoms with Crippen LogP contribution in [0.4, 0.5) is 4.79 Å². The molecule has 258 valence electrons. The first-order valence-electron chi connectivity index (χ1n) is 16.0. The molecule has 0 spiro atoms. The number of alkyl carbamates (subject to hydrolysis) is 1. The molecule has 0 saturated carbocycles. The number of carboxylic acids is 1. The van der Waals surface area contributed by atoms with Crippen LogP contribution in [-0.4, -0.2) is 132 Å². The van der Waals surface area contributed by atoms with E-state index in [2.05, 4.69) is 34.9 Å². The number of hydrogen-bond donors (Lipinski definition) is 3. The zero-order valence-electron chi connectivity index (χ0n) is 27.4. The minimum Gasteiger partial charge on any atom is -0.481 e. The van der Waals surface area contributed by atoms with Gasteiger partial charge in [-0.05, 0) is 29.3 Å². The van der Waals surface area contributed by atoms with Gasteiger partial charge < -0.3 is 44.5 Å². The number of rotatable bonds is 23. The molecule has 2 aromatic carbocycles. The SMILES string of the molecule is CNCCN(CCN(C)C(=O)CCOCCOCCC(=O)O)C(=O)CCOCCNC(=O)OCC1c2ccccc2-c2ccccc21. The van der Waals surface area contributed by atoms with E-state index in [1.165, 1.54) is 11.1 Å². The zero-order chi connectivity index (χ0) is 33.9. The van der Waals surface area contributed by atoms with Crippen molar-refractivity contribution in [3.05, 3.63) is 59.7 Å². The van der Waals surface area contributed by atoms with Crippen molar-refractivity contribution >= 4 is 23.9 Å². The minimum absolute atomic E-state index is 0.0112. The molecular weight excluding hydrogens is 608 g/mol. The molecule has 3 amide bonds. The van der Waals surface area contributed by atoms with Crippen LogP contribution in [0, 0.1) is 0 Å². The maximum absolute atomic E-state index is 12.9. The van der Waals surface area contributed by atoms with Gasteiger partial charge in [-0.25, -0.2) is 4.79 Å². The van der Waals surface area contributed by atoms with Crippen molar-refractivity contribution in [3.8, 4) is 11.1 Å². The zero-order valence-corrected chi connectivity index (χ0v) is 27.4. The molecule has 0 bridgehead atoms. The fourth-order valence-corrected chi connectivity index (χ4v) is 5.13. The first-order chi connectivity index (χ1) is 22.8. The fourth-order valence-electron chi connectivity index (χ4n) is 5.13. The van der Waals surface area contributed by atoms with Crippen LogP contribution >= 0.6 is 0 Å². The predicted octanol–water partition coefficient (Wildman–Crippen LogP) is 2.34. The van der Waals surface area contributed by atoms with Crippen molar-refractivity contribution in [3.63, 3.8) is 0 Å². The lowest BCUT2D eigenvalue weighted by Gasteiger charge is -2.26. The Balaban J connectivity index is 1.27. The monoisotopic (exact) mass is 656 g/mol. The van der Waals surface area contributed by atoms with Gasteiger partial charge in [0.1, 0.15) is 6.61 Å². The maximum Gasteiger partial charge on any atom is 0.407 e. The first kappa shape index (κ1) is 37.4. The van der Waals surface area contributed by atoms with Crippen LogP contribution in [-0.2, 0) is 33.3 Å². The Labute approximate surface area is 276 Å². The van der Waals surface area contributed by atoms with Crippen molar-refractivity contribution < 1.29 is 43.2 Å². The number of carbonyl (C=O) groups is 4. The van der Waals surface area contributed by atoms with Gasteiger partial charge in [0.2, 0.25) is 11.8 Å². The summed E-state index contributed by atoms with van der Waals surface area (Å²) in [7, 11) is 3.49. The van der Waals surface area contributed by atoms with E-state index >= 15 is 0 Å². The quantitative estimate of drug-likeness (QED) is 0.152. The molecule has 0 heterocycles. The largest absolute Gasteiger partial charge is 0.481 e. The standard InChI is InChI=1S/C34H48N4O9/c1-35-14-16-38(18-17-37(2)31(39)11-19-45-23-24-46-21-13-33(41)42)32(40)12-20-44-22-15-36-34(43)47-25-30-28-9-5-3-7-26(28)27-8-4-6-10-29(27)30/h3-10,30,35H,11-25H2,1-2H3,(H,36,43)(H,41,42). The third-order valence-corrected chi connectivity index (χ3v) is 7.73. The Morgan fingerprint density at radius 1 is 0.723 bits per heavy atom. The average molecular weight is 657 g/mol. The van der Waals surface area contributed by atoms with Crippen LogP contribution in [0.2, 0.25) is 0 Å². The van der Waals surface area contributed by atoms with Gasteiger partial charge in [0, 0.05) is 45.7 Å². The lowest BCUT2D eigenvalue weighted by molar-refractivity contribution is -0.138. The number of nitrogens with zero attached hydrogens (tertiary/aromatic N) is 2. The molecule has 0 fully saturated rings. The van der Waals surface area contributed by atoms with Crippen LogP contribution in [0.25, 0.3) is 11.1 Å². The van der Waals surface area contributed by atoms with E-state index in [0.717, 1.165) is 11.1 Å². The van der Waals surface area contributed by atoms with E-state index in [0.29, 0.717) is 26.2 Å². The van der Waals surface area contributed by atoms with Crippen molar-refractivity contribution in [2.75, 3.05) is 93.1 Å². The van der Waals surface area contributed by atoms with Crippen molar-refractivity contribution in [2.24, 2.45) is 0 Å². The van der Waals surface area contributed by atoms with Crippen molar-refractivity contribution in [1.29, 1.82) is 0 Å². The summed E-state index contributed by atoms with van der Waals surface area (Å²) >= 11 is 0. The average Bonchev–Trinajstić information content (AvgIpc) is 3.39. The number of nitrogens with one attached hydrogen (secondary N) is 2. The van der Waals surface area contributed by atoms with E-state index in [4.69, 9.17) is 24.1 Å². The van der Waals surface area contributed by atoms with Crippen LogP contribution in [0.15, 0.2) is 48.5 Å². The molecule has 3 N–H and O–H groups in total. The second kappa shape index (κ2) is 21.0. The highest BCUT2D eigenvalue weighted by Gasteiger charge is 2.29. The molecule has 1 aliphatic carbocycles. The Kier molecular flexibility index (Phi) is 16.7. The molecule has 0 aliphatic heterocycles. The number of aliphatic carboxylic acids is 1. The summed E-state index contributed by atoms with van der Waals surface area (Å²) in [5.41, 5.74) is 4.64. The number of fused-ring (bicyclic) bond motifs is 3. The summed E-state index contributed by atoms with van der Waals surface area (Å²) in [6.07, 6.45) is -0.215. The Bertz CT molecular complexity index is 1250. The number of carboxylic acid groups (broad SMARTS) is 1. The highest BCUT2D eigenvalue weighted by atomic mass is 16.5. The van der Waals surface area contributed by atoms with Crippen LogP contribution in [0.5, 0.6) is 0 Å². The summed E-state index contributed by atoms with van der Waals surface area (Å²) in [5.74, 6) is -1.12. The third kappa shape index (κ3) is 12.9. The molecular formula is C34H48N4O9. The topological polar surface area (TPSA) is 156 Å². The van der Waals surface area contributed by atoms with Gasteiger partial charge in [-0.3, -0.25) is 14.4 Å². The molecule has 0 radical (unpaired) electrons. The van der Waals surface area contributed by atoms with E-state index in [-0.39, 0.29) is 89.8 Å². The highest BCUT2D eigenvalue weighted by Crippen LogP contribution is 2.44. The molecule has 2 aromatic rings. The highest BCUT2D eigenvalue weighted by molar-refractivity contribution is 5.79. The van der Waals surface area contributed by atoms with E-state index in [9.17, 15) is 19.2 Å². The molecule has 0 aromatic heterocycles. The number of hydrogen-bond acceptors (Lipinski definition) is 9. The summed E-state index contributed by atoms with van der Waals surface area (Å²) < 4.78 is 21.7.